The molecule has 1 aromatic rings. The van der Waals surface area contributed by atoms with Gasteiger partial charge in [0, 0.05) is 6.42 Å². The second kappa shape index (κ2) is 5.43. The molecule has 0 aliphatic heterocycles. The van der Waals surface area contributed by atoms with Crippen LogP contribution in [-0.4, -0.2) is 33.8 Å². The van der Waals surface area contributed by atoms with Crippen molar-refractivity contribution in [2.24, 2.45) is 5.73 Å². The van der Waals surface area contributed by atoms with Crippen molar-refractivity contribution >= 4 is 18.6 Å². The molecule has 0 bridgehead atoms. The van der Waals surface area contributed by atoms with Gasteiger partial charge in [0.1, 0.15) is 5.54 Å². The van der Waals surface area contributed by atoms with E-state index in [0.29, 0.717) is 6.07 Å². The van der Waals surface area contributed by atoms with Gasteiger partial charge in [0.05, 0.1) is 5.56 Å². The Morgan fingerprint density at radius 1 is 1.35 bits per heavy atom. The summed E-state index contributed by atoms with van der Waals surface area (Å²) in [6.45, 7) is 1.18. The van der Waals surface area contributed by atoms with E-state index in [-0.39, 0.29) is 12.0 Å². The zero-order valence-electron chi connectivity index (χ0n) is 10.5. The summed E-state index contributed by atoms with van der Waals surface area (Å²) in [7, 11) is -2.27. The Morgan fingerprint density at radius 3 is 2.30 bits per heavy atom. The summed E-state index contributed by atoms with van der Waals surface area (Å²) in [6, 6.07) is 2.74. The van der Waals surface area contributed by atoms with E-state index in [0.717, 1.165) is 6.07 Å². The van der Waals surface area contributed by atoms with Crippen molar-refractivity contribution in [3.63, 3.8) is 0 Å². The van der Waals surface area contributed by atoms with Crippen LogP contribution in [0.1, 0.15) is 18.1 Å². The third-order valence-corrected chi connectivity index (χ3v) is 2.76. The molecule has 20 heavy (non-hydrogen) atoms. The van der Waals surface area contributed by atoms with Gasteiger partial charge < -0.3 is 20.9 Å². The first-order chi connectivity index (χ1) is 8.95. The van der Waals surface area contributed by atoms with Crippen LogP contribution in [0.3, 0.4) is 0 Å². The van der Waals surface area contributed by atoms with Crippen LogP contribution in [0.2, 0.25) is 0 Å². The van der Waals surface area contributed by atoms with Crippen LogP contribution in [0.15, 0.2) is 18.2 Å². The number of benzene rings is 1. The molecule has 0 fully saturated rings. The maximum atomic E-state index is 12.8. The van der Waals surface area contributed by atoms with E-state index in [1.807, 2.05) is 0 Å². The largest absolute Gasteiger partial charge is 0.489 e. The van der Waals surface area contributed by atoms with Gasteiger partial charge in [-0.05, 0) is 24.0 Å². The van der Waals surface area contributed by atoms with Gasteiger partial charge in [0.2, 0.25) is 0 Å². The molecule has 5 N–H and O–H groups in total. The minimum atomic E-state index is -4.79. The van der Waals surface area contributed by atoms with E-state index in [1.54, 1.807) is 0 Å². The van der Waals surface area contributed by atoms with Gasteiger partial charge in [0.25, 0.3) is 0 Å². The lowest BCUT2D eigenvalue weighted by Gasteiger charge is -2.20. The summed E-state index contributed by atoms with van der Waals surface area (Å²) in [6.07, 6.45) is -5.11. The number of nitrogens with two attached hydrogens (primary N) is 1. The zero-order valence-corrected chi connectivity index (χ0v) is 10.5. The molecule has 110 valence electrons. The van der Waals surface area contributed by atoms with Crippen LogP contribution in [0, 0.1) is 0 Å². The van der Waals surface area contributed by atoms with E-state index in [4.69, 9.17) is 20.9 Å². The lowest BCUT2D eigenvalue weighted by atomic mass is 9.75. The molecule has 0 aromatic heterocycles. The van der Waals surface area contributed by atoms with Crippen LogP contribution in [0.25, 0.3) is 0 Å². The molecular weight excluding hydrogens is 278 g/mol. The second-order valence-corrected chi connectivity index (χ2v) is 4.69. The Labute approximate surface area is 113 Å². The summed E-state index contributed by atoms with van der Waals surface area (Å²) in [5.74, 6) is -1.35. The monoisotopic (exact) mass is 291 g/mol. The maximum Gasteiger partial charge on any atom is 0.489 e. The second-order valence-electron chi connectivity index (χ2n) is 4.69. The molecule has 0 saturated heterocycles. The summed E-state index contributed by atoms with van der Waals surface area (Å²) in [5, 5.41) is 26.7. The van der Waals surface area contributed by atoms with Crippen LogP contribution < -0.4 is 11.2 Å². The van der Waals surface area contributed by atoms with Crippen LogP contribution in [0.5, 0.6) is 0 Å². The first kappa shape index (κ1) is 16.5. The van der Waals surface area contributed by atoms with Crippen molar-refractivity contribution in [1.82, 2.24) is 0 Å². The topological polar surface area (TPSA) is 104 Å². The number of aliphatic carboxylic acids is 1. The van der Waals surface area contributed by atoms with E-state index < -0.39 is 35.8 Å². The standard InChI is InChI=1S/C11H13BF3NO4/c1-10(16,9(17)18)5-6-2-3-8(12(19)20)7(4-6)11(13,14)15/h2-4,19-20H,5,16H2,1H3,(H,17,18). The lowest BCUT2D eigenvalue weighted by molar-refractivity contribution is -0.142. The van der Waals surface area contributed by atoms with Crippen LogP contribution in [0.4, 0.5) is 13.2 Å². The minimum absolute atomic E-state index is 0.0362. The van der Waals surface area contributed by atoms with Crippen molar-refractivity contribution in [3.8, 4) is 0 Å². The predicted molar refractivity (Wildman–Crippen MR) is 65.2 cm³/mol. The third-order valence-electron chi connectivity index (χ3n) is 2.76. The molecule has 5 nitrogen and oxygen atoms in total. The van der Waals surface area contributed by atoms with E-state index in [1.165, 1.54) is 13.0 Å². The fourth-order valence-corrected chi connectivity index (χ4v) is 1.68. The zero-order chi connectivity index (χ0) is 15.7. The molecule has 0 aliphatic carbocycles. The first-order valence-electron chi connectivity index (χ1n) is 5.53. The lowest BCUT2D eigenvalue weighted by Crippen LogP contribution is -2.47. The van der Waals surface area contributed by atoms with Gasteiger partial charge >= 0.3 is 19.3 Å². The summed E-state index contributed by atoms with van der Waals surface area (Å²) in [4.78, 5) is 10.9. The molecule has 1 unspecified atom stereocenters. The number of halogens is 3. The molecule has 1 rings (SSSR count). The summed E-state index contributed by atoms with van der Waals surface area (Å²) >= 11 is 0. The van der Waals surface area contributed by atoms with Crippen LogP contribution in [-0.2, 0) is 17.4 Å². The number of carbonyl (C=O) groups is 1. The molecule has 0 spiro atoms. The number of hydrogen-bond acceptors (Lipinski definition) is 4. The highest BCUT2D eigenvalue weighted by Gasteiger charge is 2.37. The van der Waals surface area contributed by atoms with E-state index >= 15 is 0 Å². The Morgan fingerprint density at radius 2 is 1.90 bits per heavy atom. The van der Waals surface area contributed by atoms with E-state index in [9.17, 15) is 18.0 Å². The fraction of sp³-hybridized carbons (Fsp3) is 0.364. The SMILES string of the molecule is CC(N)(Cc1ccc(B(O)O)c(C(F)(F)F)c1)C(=O)O. The van der Waals surface area contributed by atoms with Gasteiger partial charge in [-0.1, -0.05) is 12.1 Å². The molecule has 0 saturated carbocycles. The molecule has 0 aliphatic rings. The van der Waals surface area contributed by atoms with Crippen molar-refractivity contribution in [2.75, 3.05) is 0 Å². The highest BCUT2D eigenvalue weighted by atomic mass is 19.4. The van der Waals surface area contributed by atoms with E-state index in [2.05, 4.69) is 0 Å². The van der Waals surface area contributed by atoms with Gasteiger partial charge in [-0.2, -0.15) is 13.2 Å². The minimum Gasteiger partial charge on any atom is -0.480 e. The first-order valence-corrected chi connectivity index (χ1v) is 5.53. The Bertz CT molecular complexity index is 517. The molecule has 1 atom stereocenters. The van der Waals surface area contributed by atoms with Crippen molar-refractivity contribution in [2.45, 2.75) is 25.1 Å². The van der Waals surface area contributed by atoms with Gasteiger partial charge in [-0.15, -0.1) is 0 Å². The highest BCUT2D eigenvalue weighted by molar-refractivity contribution is 6.59. The molecular formula is C11H13BF3NO4. The van der Waals surface area contributed by atoms with Crippen molar-refractivity contribution in [1.29, 1.82) is 0 Å². The highest BCUT2D eigenvalue weighted by Crippen LogP contribution is 2.29. The van der Waals surface area contributed by atoms with Gasteiger partial charge in [-0.3, -0.25) is 4.79 Å². The van der Waals surface area contributed by atoms with Crippen molar-refractivity contribution < 1.29 is 33.1 Å². The third kappa shape index (κ3) is 3.72. The number of hydrogen-bond donors (Lipinski definition) is 4. The number of carboxylic acid groups (broad SMARTS) is 1. The average molecular weight is 291 g/mol. The van der Waals surface area contributed by atoms with Gasteiger partial charge in [-0.25, -0.2) is 0 Å². The molecule has 1 aromatic carbocycles. The Balaban J connectivity index is 3.24. The molecule has 9 heteroatoms. The molecule has 0 radical (unpaired) electrons. The average Bonchev–Trinajstić information content (AvgIpc) is 2.26. The number of carboxylic acids is 1. The normalized spacial score (nSPS) is 14.8. The number of alkyl halides is 3. The summed E-state index contributed by atoms with van der Waals surface area (Å²) < 4.78 is 38.4. The predicted octanol–water partition coefficient (Wildman–Crippen LogP) is -0.270. The molecule has 0 heterocycles. The van der Waals surface area contributed by atoms with Crippen LogP contribution >= 0.6 is 0 Å². The number of rotatable bonds is 4. The Hall–Kier alpha value is -1.58. The smallest absolute Gasteiger partial charge is 0.480 e. The maximum absolute atomic E-state index is 12.8. The quantitative estimate of drug-likeness (QED) is 0.572. The van der Waals surface area contributed by atoms with Gasteiger partial charge in [0.15, 0.2) is 0 Å². The summed E-state index contributed by atoms with van der Waals surface area (Å²) in [5.41, 5.74) is 1.86. The molecule has 0 amide bonds. The van der Waals surface area contributed by atoms with Crippen molar-refractivity contribution in [3.05, 3.63) is 29.3 Å². The Kier molecular flexibility index (Phi) is 4.47. The fourth-order valence-electron chi connectivity index (χ4n) is 1.68.